The molecule has 0 spiro atoms. The summed E-state index contributed by atoms with van der Waals surface area (Å²) in [7, 11) is 0. The molecule has 2 nitrogen and oxygen atoms in total. The average Bonchev–Trinajstić information content (AvgIpc) is 2.30. The molecule has 0 aromatic carbocycles. The Kier molecular flexibility index (Phi) is 5.47. The summed E-state index contributed by atoms with van der Waals surface area (Å²) in [6.07, 6.45) is 16.4. The molecule has 15 heavy (non-hydrogen) atoms. The van der Waals surface area contributed by atoms with E-state index in [-0.39, 0.29) is 0 Å². The molecule has 0 aliphatic carbocycles. The Balaban J connectivity index is 2.23. The van der Waals surface area contributed by atoms with Gasteiger partial charge in [-0.15, -0.1) is 6.42 Å². The van der Waals surface area contributed by atoms with Crippen LogP contribution in [-0.2, 0) is 6.42 Å². The van der Waals surface area contributed by atoms with E-state index in [0.29, 0.717) is 5.82 Å². The van der Waals surface area contributed by atoms with Gasteiger partial charge in [-0.2, -0.15) is 0 Å². The van der Waals surface area contributed by atoms with E-state index in [1.807, 2.05) is 12.4 Å². The van der Waals surface area contributed by atoms with Crippen molar-refractivity contribution in [2.24, 2.45) is 0 Å². The Morgan fingerprint density at radius 2 is 1.80 bits per heavy atom. The third kappa shape index (κ3) is 4.60. The maximum absolute atomic E-state index is 5.18. The van der Waals surface area contributed by atoms with Crippen molar-refractivity contribution in [3.8, 4) is 12.3 Å². The van der Waals surface area contributed by atoms with E-state index in [1.54, 1.807) is 0 Å². The summed E-state index contributed by atoms with van der Waals surface area (Å²) in [4.78, 5) is 8.13. The van der Waals surface area contributed by atoms with E-state index >= 15 is 0 Å². The van der Waals surface area contributed by atoms with Gasteiger partial charge < -0.3 is 0 Å². The molecular weight excluding hydrogens is 184 g/mol. The second-order valence-electron chi connectivity index (χ2n) is 3.72. The molecule has 0 saturated heterocycles. The Morgan fingerprint density at radius 1 is 1.13 bits per heavy atom. The Morgan fingerprint density at radius 3 is 2.40 bits per heavy atom. The molecule has 0 saturated carbocycles. The fourth-order valence-electron chi connectivity index (χ4n) is 1.49. The predicted molar refractivity (Wildman–Crippen MR) is 62.4 cm³/mol. The van der Waals surface area contributed by atoms with E-state index in [2.05, 4.69) is 22.8 Å². The zero-order valence-electron chi connectivity index (χ0n) is 9.37. The van der Waals surface area contributed by atoms with Crippen molar-refractivity contribution in [1.29, 1.82) is 0 Å². The van der Waals surface area contributed by atoms with Crippen LogP contribution >= 0.6 is 0 Å². The normalized spacial score (nSPS) is 9.87. The zero-order valence-corrected chi connectivity index (χ0v) is 9.37. The van der Waals surface area contributed by atoms with Crippen LogP contribution in [0.15, 0.2) is 12.4 Å². The lowest BCUT2D eigenvalue weighted by Gasteiger charge is -2.00. The lowest BCUT2D eigenvalue weighted by molar-refractivity contribution is 0.631. The highest BCUT2D eigenvalue weighted by molar-refractivity contribution is 5.17. The summed E-state index contributed by atoms with van der Waals surface area (Å²) in [6.45, 7) is 2.23. The van der Waals surface area contributed by atoms with Gasteiger partial charge in [-0.25, -0.2) is 9.97 Å². The van der Waals surface area contributed by atoms with Gasteiger partial charge in [0.1, 0.15) is 0 Å². The highest BCUT2D eigenvalue weighted by Gasteiger charge is 1.95. The SMILES string of the molecule is C#Cc1ncc(CCCCCCC)cn1. The van der Waals surface area contributed by atoms with Crippen LogP contribution in [0.2, 0.25) is 0 Å². The van der Waals surface area contributed by atoms with Crippen LogP contribution in [0.1, 0.15) is 50.4 Å². The minimum absolute atomic E-state index is 0.477. The molecule has 0 amide bonds. The summed E-state index contributed by atoms with van der Waals surface area (Å²) < 4.78 is 0. The summed E-state index contributed by atoms with van der Waals surface area (Å²) in [5.41, 5.74) is 1.19. The van der Waals surface area contributed by atoms with Gasteiger partial charge in [0, 0.05) is 12.4 Å². The minimum Gasteiger partial charge on any atom is -0.229 e. The highest BCUT2D eigenvalue weighted by Crippen LogP contribution is 2.07. The molecule has 0 radical (unpaired) electrons. The predicted octanol–water partition coefficient (Wildman–Crippen LogP) is 2.97. The second kappa shape index (κ2) is 7.00. The van der Waals surface area contributed by atoms with E-state index in [4.69, 9.17) is 6.42 Å². The minimum atomic E-state index is 0.477. The molecule has 1 rings (SSSR count). The maximum Gasteiger partial charge on any atom is 0.204 e. The molecule has 2 heteroatoms. The second-order valence-corrected chi connectivity index (χ2v) is 3.72. The summed E-state index contributed by atoms with van der Waals surface area (Å²) >= 11 is 0. The number of rotatable bonds is 6. The number of aryl methyl sites for hydroxylation is 1. The van der Waals surface area contributed by atoms with Crippen LogP contribution in [-0.4, -0.2) is 9.97 Å². The monoisotopic (exact) mass is 202 g/mol. The van der Waals surface area contributed by atoms with Gasteiger partial charge in [0.15, 0.2) is 0 Å². The molecule has 0 atom stereocenters. The molecule has 0 unspecified atom stereocenters. The van der Waals surface area contributed by atoms with Crippen LogP contribution in [0.5, 0.6) is 0 Å². The molecule has 0 aliphatic heterocycles. The fraction of sp³-hybridized carbons (Fsp3) is 0.538. The third-order valence-electron chi connectivity index (χ3n) is 2.40. The van der Waals surface area contributed by atoms with Gasteiger partial charge in [0.2, 0.25) is 5.82 Å². The topological polar surface area (TPSA) is 25.8 Å². The number of unbranched alkanes of at least 4 members (excludes halogenated alkanes) is 4. The molecule has 1 aromatic heterocycles. The molecule has 0 fully saturated rings. The smallest absolute Gasteiger partial charge is 0.204 e. The van der Waals surface area contributed by atoms with Crippen LogP contribution in [0.25, 0.3) is 0 Å². The number of aromatic nitrogens is 2. The Hall–Kier alpha value is -1.36. The first-order valence-electron chi connectivity index (χ1n) is 5.64. The van der Waals surface area contributed by atoms with Gasteiger partial charge in [-0.1, -0.05) is 32.6 Å². The van der Waals surface area contributed by atoms with Crippen LogP contribution in [0.3, 0.4) is 0 Å². The van der Waals surface area contributed by atoms with Crippen molar-refractivity contribution in [3.63, 3.8) is 0 Å². The molecule has 0 bridgehead atoms. The van der Waals surface area contributed by atoms with Gasteiger partial charge in [0.05, 0.1) is 0 Å². The quantitative estimate of drug-likeness (QED) is 0.523. The number of hydrogen-bond donors (Lipinski definition) is 0. The average molecular weight is 202 g/mol. The molecule has 80 valence electrons. The van der Waals surface area contributed by atoms with Crippen LogP contribution < -0.4 is 0 Å². The first kappa shape index (κ1) is 11.7. The van der Waals surface area contributed by atoms with Crippen LogP contribution in [0, 0.1) is 12.3 Å². The zero-order chi connectivity index (χ0) is 10.9. The van der Waals surface area contributed by atoms with Crippen molar-refractivity contribution < 1.29 is 0 Å². The highest BCUT2D eigenvalue weighted by atomic mass is 14.8. The molecule has 0 N–H and O–H groups in total. The van der Waals surface area contributed by atoms with Gasteiger partial charge in [-0.3, -0.25) is 0 Å². The first-order chi connectivity index (χ1) is 7.36. The molecule has 0 aliphatic rings. The largest absolute Gasteiger partial charge is 0.229 e. The Labute approximate surface area is 92.2 Å². The number of hydrogen-bond acceptors (Lipinski definition) is 2. The lowest BCUT2D eigenvalue weighted by atomic mass is 10.1. The van der Waals surface area contributed by atoms with E-state index in [0.717, 1.165) is 6.42 Å². The lowest BCUT2D eigenvalue weighted by Crippen LogP contribution is -1.92. The van der Waals surface area contributed by atoms with Crippen LogP contribution in [0.4, 0.5) is 0 Å². The summed E-state index contributed by atoms with van der Waals surface area (Å²) in [5.74, 6) is 2.89. The summed E-state index contributed by atoms with van der Waals surface area (Å²) in [5, 5.41) is 0. The summed E-state index contributed by atoms with van der Waals surface area (Å²) in [6, 6.07) is 0. The van der Waals surface area contributed by atoms with Crippen molar-refractivity contribution in [2.75, 3.05) is 0 Å². The van der Waals surface area contributed by atoms with E-state index in [9.17, 15) is 0 Å². The van der Waals surface area contributed by atoms with Crippen molar-refractivity contribution in [1.82, 2.24) is 9.97 Å². The molecule has 1 heterocycles. The van der Waals surface area contributed by atoms with Gasteiger partial charge in [0.25, 0.3) is 0 Å². The number of nitrogens with zero attached hydrogens (tertiary/aromatic N) is 2. The number of terminal acetylenes is 1. The Bertz CT molecular complexity index is 308. The van der Waals surface area contributed by atoms with Gasteiger partial charge in [-0.05, 0) is 24.3 Å². The molecule has 1 aromatic rings. The molecular formula is C13H18N2. The standard InChI is InChI=1S/C13H18N2/c1-3-5-6-7-8-9-12-10-14-13(4-2)15-11-12/h2,10-11H,3,5-9H2,1H3. The third-order valence-corrected chi connectivity index (χ3v) is 2.40. The first-order valence-corrected chi connectivity index (χ1v) is 5.64. The van der Waals surface area contributed by atoms with Crippen molar-refractivity contribution >= 4 is 0 Å². The van der Waals surface area contributed by atoms with Gasteiger partial charge >= 0.3 is 0 Å². The fourth-order valence-corrected chi connectivity index (χ4v) is 1.49. The van der Waals surface area contributed by atoms with Crippen molar-refractivity contribution in [2.45, 2.75) is 45.4 Å². The van der Waals surface area contributed by atoms with E-state index < -0.39 is 0 Å². The van der Waals surface area contributed by atoms with Crippen molar-refractivity contribution in [3.05, 3.63) is 23.8 Å². The maximum atomic E-state index is 5.18. The van der Waals surface area contributed by atoms with E-state index in [1.165, 1.54) is 37.7 Å².